The van der Waals surface area contributed by atoms with Crippen LogP contribution in [0.5, 0.6) is 11.5 Å². The molecule has 1 aromatic rings. The molecule has 0 radical (unpaired) electrons. The summed E-state index contributed by atoms with van der Waals surface area (Å²) in [5.41, 5.74) is 7.75. The van der Waals surface area contributed by atoms with Crippen molar-refractivity contribution in [1.82, 2.24) is 0 Å². The van der Waals surface area contributed by atoms with Crippen molar-refractivity contribution in [3.63, 3.8) is 0 Å². The van der Waals surface area contributed by atoms with E-state index in [1.165, 1.54) is 0 Å². The van der Waals surface area contributed by atoms with Crippen LogP contribution in [0.25, 0.3) is 0 Å². The average Bonchev–Trinajstić information content (AvgIpc) is 2.78. The molecule has 4 nitrogen and oxygen atoms in total. The Morgan fingerprint density at radius 3 is 3.06 bits per heavy atom. The normalized spacial score (nSPS) is 15.5. The molecule has 3 N–H and O–H groups in total. The van der Waals surface area contributed by atoms with Crippen LogP contribution in [0.1, 0.15) is 17.2 Å². The zero-order valence-corrected chi connectivity index (χ0v) is 10.6. The van der Waals surface area contributed by atoms with Gasteiger partial charge in [-0.1, -0.05) is 15.9 Å². The van der Waals surface area contributed by atoms with E-state index < -0.39 is 6.04 Å². The Balaban J connectivity index is 2.55. The summed E-state index contributed by atoms with van der Waals surface area (Å²) in [5.74, 6) is 1.46. The zero-order chi connectivity index (χ0) is 11.7. The van der Waals surface area contributed by atoms with E-state index in [0.717, 1.165) is 27.8 Å². The number of hydrogen-bond acceptors (Lipinski definition) is 4. The molecule has 0 saturated heterocycles. The molecule has 0 fully saturated rings. The molecular weight excluding hydrogens is 274 g/mol. The molecule has 0 bridgehead atoms. The smallest absolute Gasteiger partial charge is 0.165 e. The van der Waals surface area contributed by atoms with Crippen LogP contribution in [0.2, 0.25) is 0 Å². The summed E-state index contributed by atoms with van der Waals surface area (Å²) in [5, 5.41) is 9.11. The second-order valence-corrected chi connectivity index (χ2v) is 4.47. The Hall–Kier alpha value is -0.780. The highest BCUT2D eigenvalue weighted by Crippen LogP contribution is 2.43. The predicted octanol–water partition coefficient (Wildman–Crippen LogP) is 1.38. The Labute approximate surface area is 102 Å². The number of nitrogens with two attached hydrogens (primary N) is 1. The minimum Gasteiger partial charge on any atom is -0.493 e. The predicted molar refractivity (Wildman–Crippen MR) is 63.9 cm³/mol. The van der Waals surface area contributed by atoms with Crippen LogP contribution >= 0.6 is 15.9 Å². The molecular formula is C11H14BrNO3. The van der Waals surface area contributed by atoms with Gasteiger partial charge in [-0.2, -0.15) is 0 Å². The van der Waals surface area contributed by atoms with Crippen LogP contribution < -0.4 is 15.2 Å². The molecule has 1 unspecified atom stereocenters. The molecule has 0 aliphatic carbocycles. The van der Waals surface area contributed by atoms with Crippen LogP contribution in [0, 0.1) is 0 Å². The van der Waals surface area contributed by atoms with Gasteiger partial charge in [-0.05, 0) is 11.6 Å². The van der Waals surface area contributed by atoms with E-state index in [0.29, 0.717) is 12.4 Å². The second-order valence-electron chi connectivity index (χ2n) is 3.68. The maximum absolute atomic E-state index is 9.11. The SMILES string of the molecule is COc1cc(C(N)CO)c(Br)c2c1OCC2. The van der Waals surface area contributed by atoms with Crippen molar-refractivity contribution in [3.05, 3.63) is 21.7 Å². The van der Waals surface area contributed by atoms with Gasteiger partial charge in [0.2, 0.25) is 0 Å². The van der Waals surface area contributed by atoms with Gasteiger partial charge in [-0.15, -0.1) is 0 Å². The van der Waals surface area contributed by atoms with E-state index in [4.69, 9.17) is 20.3 Å². The quantitative estimate of drug-likeness (QED) is 0.882. The van der Waals surface area contributed by atoms with Crippen molar-refractivity contribution >= 4 is 15.9 Å². The molecule has 0 aromatic heterocycles. The lowest BCUT2D eigenvalue weighted by atomic mass is 10.0. The number of methoxy groups -OCH3 is 1. The second kappa shape index (κ2) is 4.61. The number of aliphatic hydroxyl groups is 1. The van der Waals surface area contributed by atoms with E-state index in [1.54, 1.807) is 7.11 Å². The summed E-state index contributed by atoms with van der Waals surface area (Å²) in [6, 6.07) is 1.41. The number of ether oxygens (including phenoxy) is 2. The van der Waals surface area contributed by atoms with E-state index in [-0.39, 0.29) is 6.61 Å². The molecule has 1 heterocycles. The molecule has 2 rings (SSSR count). The maximum atomic E-state index is 9.11. The van der Waals surface area contributed by atoms with Crippen molar-refractivity contribution < 1.29 is 14.6 Å². The maximum Gasteiger partial charge on any atom is 0.165 e. The van der Waals surface area contributed by atoms with Crippen LogP contribution in [-0.4, -0.2) is 25.4 Å². The first kappa shape index (κ1) is 11.7. The third kappa shape index (κ3) is 1.79. The third-order valence-corrected chi connectivity index (χ3v) is 3.65. The Kier molecular flexibility index (Phi) is 3.37. The van der Waals surface area contributed by atoms with Gasteiger partial charge >= 0.3 is 0 Å². The van der Waals surface area contributed by atoms with Gasteiger partial charge in [0.05, 0.1) is 26.4 Å². The minimum atomic E-state index is -0.408. The van der Waals surface area contributed by atoms with Gasteiger partial charge in [0, 0.05) is 16.5 Å². The summed E-state index contributed by atoms with van der Waals surface area (Å²) in [6.45, 7) is 0.559. The lowest BCUT2D eigenvalue weighted by Crippen LogP contribution is -2.15. The fourth-order valence-corrected chi connectivity index (χ4v) is 2.64. The Bertz CT molecular complexity index is 409. The molecule has 0 saturated carbocycles. The Morgan fingerprint density at radius 1 is 1.69 bits per heavy atom. The van der Waals surface area contributed by atoms with E-state index in [1.807, 2.05) is 6.07 Å². The zero-order valence-electron chi connectivity index (χ0n) is 9.00. The number of fused-ring (bicyclic) bond motifs is 1. The topological polar surface area (TPSA) is 64.7 Å². The van der Waals surface area contributed by atoms with Gasteiger partial charge in [0.25, 0.3) is 0 Å². The lowest BCUT2D eigenvalue weighted by Gasteiger charge is -2.16. The van der Waals surface area contributed by atoms with Crippen LogP contribution in [0.4, 0.5) is 0 Å². The van der Waals surface area contributed by atoms with Gasteiger partial charge in [0.1, 0.15) is 0 Å². The highest BCUT2D eigenvalue weighted by atomic mass is 79.9. The average molecular weight is 288 g/mol. The standard InChI is InChI=1S/C11H14BrNO3/c1-15-9-4-7(8(13)5-14)10(12)6-2-3-16-11(6)9/h4,8,14H,2-3,5,13H2,1H3. The summed E-state index contributed by atoms with van der Waals surface area (Å²) >= 11 is 3.51. The lowest BCUT2D eigenvalue weighted by molar-refractivity contribution is 0.267. The van der Waals surface area contributed by atoms with Gasteiger partial charge in [-0.3, -0.25) is 0 Å². The van der Waals surface area contributed by atoms with Crippen molar-refractivity contribution in [2.24, 2.45) is 5.73 Å². The first-order chi connectivity index (χ1) is 7.69. The monoisotopic (exact) mass is 287 g/mol. The number of rotatable bonds is 3. The van der Waals surface area contributed by atoms with Gasteiger partial charge in [0.15, 0.2) is 11.5 Å². The minimum absolute atomic E-state index is 0.0958. The van der Waals surface area contributed by atoms with Gasteiger partial charge in [-0.25, -0.2) is 0 Å². The number of aliphatic hydroxyl groups excluding tert-OH is 1. The van der Waals surface area contributed by atoms with Crippen molar-refractivity contribution in [2.75, 3.05) is 20.3 Å². The van der Waals surface area contributed by atoms with E-state index in [9.17, 15) is 0 Å². The molecule has 5 heteroatoms. The summed E-state index contributed by atoms with van der Waals surface area (Å²) in [4.78, 5) is 0. The fourth-order valence-electron chi connectivity index (χ4n) is 1.85. The molecule has 0 spiro atoms. The third-order valence-electron chi connectivity index (χ3n) is 2.72. The fraction of sp³-hybridized carbons (Fsp3) is 0.455. The van der Waals surface area contributed by atoms with Crippen LogP contribution in [0.3, 0.4) is 0 Å². The number of hydrogen-bond donors (Lipinski definition) is 2. The molecule has 88 valence electrons. The van der Waals surface area contributed by atoms with Crippen molar-refractivity contribution in [1.29, 1.82) is 0 Å². The highest BCUT2D eigenvalue weighted by Gasteiger charge is 2.24. The van der Waals surface area contributed by atoms with E-state index >= 15 is 0 Å². The van der Waals surface area contributed by atoms with E-state index in [2.05, 4.69) is 15.9 Å². The summed E-state index contributed by atoms with van der Waals surface area (Å²) in [7, 11) is 1.60. The number of benzene rings is 1. The van der Waals surface area contributed by atoms with Crippen LogP contribution in [-0.2, 0) is 6.42 Å². The molecule has 1 atom stereocenters. The summed E-state index contributed by atoms with van der Waals surface area (Å²) < 4.78 is 11.7. The first-order valence-corrected chi connectivity index (χ1v) is 5.86. The molecule has 1 aromatic carbocycles. The first-order valence-electron chi connectivity index (χ1n) is 5.07. The van der Waals surface area contributed by atoms with Crippen molar-refractivity contribution in [3.8, 4) is 11.5 Å². The summed E-state index contributed by atoms with van der Waals surface area (Å²) in [6.07, 6.45) is 0.832. The molecule has 1 aliphatic rings. The Morgan fingerprint density at radius 2 is 2.44 bits per heavy atom. The molecule has 16 heavy (non-hydrogen) atoms. The largest absolute Gasteiger partial charge is 0.493 e. The molecule has 1 aliphatic heterocycles. The van der Waals surface area contributed by atoms with Crippen LogP contribution in [0.15, 0.2) is 10.5 Å². The number of halogens is 1. The highest BCUT2D eigenvalue weighted by molar-refractivity contribution is 9.10. The van der Waals surface area contributed by atoms with Gasteiger partial charge < -0.3 is 20.3 Å². The molecule has 0 amide bonds. The van der Waals surface area contributed by atoms with Crippen molar-refractivity contribution in [2.45, 2.75) is 12.5 Å².